The minimum absolute atomic E-state index is 0.00342. The van der Waals surface area contributed by atoms with Gasteiger partial charge in [-0.15, -0.1) is 11.3 Å². The third-order valence-corrected chi connectivity index (χ3v) is 5.70. The Labute approximate surface area is 157 Å². The second-order valence-electron chi connectivity index (χ2n) is 6.35. The van der Waals surface area contributed by atoms with Crippen LogP contribution in [-0.4, -0.2) is 15.0 Å². The zero-order chi connectivity index (χ0) is 18.1. The molecule has 0 bridgehead atoms. The van der Waals surface area contributed by atoms with Crippen molar-refractivity contribution in [2.45, 2.75) is 26.8 Å². The summed E-state index contributed by atoms with van der Waals surface area (Å²) < 4.78 is 0. The van der Waals surface area contributed by atoms with Crippen LogP contribution in [0.15, 0.2) is 54.9 Å². The Morgan fingerprint density at radius 2 is 1.58 bits per heavy atom. The molecule has 26 heavy (non-hydrogen) atoms. The topological polar surface area (TPSA) is 50.7 Å². The standard InChI is InChI=1S/C21H20N4S/c1-13-14(2)26-21-18(13)20(23-15(3)24-21)25-19(16-7-5-4-6-8-16)17-9-11-22-12-10-17/h4-12,19H,1-3H3,(H,23,24,25)/t19-/m0/s1. The highest BCUT2D eigenvalue weighted by Crippen LogP contribution is 2.35. The molecule has 4 nitrogen and oxygen atoms in total. The molecule has 4 rings (SSSR count). The maximum absolute atomic E-state index is 4.74. The molecule has 3 heterocycles. The summed E-state index contributed by atoms with van der Waals surface area (Å²) in [7, 11) is 0. The van der Waals surface area contributed by atoms with Gasteiger partial charge in [0.1, 0.15) is 16.5 Å². The first-order valence-corrected chi connectivity index (χ1v) is 9.41. The summed E-state index contributed by atoms with van der Waals surface area (Å²) >= 11 is 1.72. The number of anilines is 1. The molecule has 0 radical (unpaired) electrons. The van der Waals surface area contributed by atoms with Crippen molar-refractivity contribution in [3.63, 3.8) is 0 Å². The predicted molar refractivity (Wildman–Crippen MR) is 108 cm³/mol. The van der Waals surface area contributed by atoms with Gasteiger partial charge < -0.3 is 5.32 Å². The number of aromatic nitrogens is 3. The van der Waals surface area contributed by atoms with Crippen LogP contribution < -0.4 is 5.32 Å². The Morgan fingerprint density at radius 3 is 2.31 bits per heavy atom. The molecule has 130 valence electrons. The van der Waals surface area contributed by atoms with Crippen LogP contribution in [0.5, 0.6) is 0 Å². The Hall–Kier alpha value is -2.79. The van der Waals surface area contributed by atoms with E-state index in [1.54, 1.807) is 11.3 Å². The second kappa shape index (κ2) is 6.84. The number of hydrogen-bond acceptors (Lipinski definition) is 5. The highest BCUT2D eigenvalue weighted by atomic mass is 32.1. The lowest BCUT2D eigenvalue weighted by atomic mass is 9.99. The van der Waals surface area contributed by atoms with Crippen LogP contribution in [0.25, 0.3) is 10.2 Å². The fourth-order valence-corrected chi connectivity index (χ4v) is 4.23. The summed E-state index contributed by atoms with van der Waals surface area (Å²) in [4.78, 5) is 15.8. The Balaban J connectivity index is 1.86. The predicted octanol–water partition coefficient (Wildman–Crippen LogP) is 5.21. The summed E-state index contributed by atoms with van der Waals surface area (Å²) in [6, 6.07) is 14.5. The minimum Gasteiger partial charge on any atom is -0.358 e. The van der Waals surface area contributed by atoms with Crippen LogP contribution in [0.2, 0.25) is 0 Å². The van der Waals surface area contributed by atoms with Crippen LogP contribution in [0.3, 0.4) is 0 Å². The van der Waals surface area contributed by atoms with E-state index < -0.39 is 0 Å². The van der Waals surface area contributed by atoms with Gasteiger partial charge in [-0.3, -0.25) is 4.98 Å². The summed E-state index contributed by atoms with van der Waals surface area (Å²) in [6.07, 6.45) is 3.65. The van der Waals surface area contributed by atoms with Gasteiger partial charge in [-0.1, -0.05) is 30.3 Å². The van der Waals surface area contributed by atoms with Crippen molar-refractivity contribution in [1.29, 1.82) is 0 Å². The fraction of sp³-hybridized carbons (Fsp3) is 0.190. The molecule has 0 fully saturated rings. The molecule has 3 aromatic heterocycles. The summed E-state index contributed by atoms with van der Waals surface area (Å²) in [6.45, 7) is 6.22. The summed E-state index contributed by atoms with van der Waals surface area (Å²) in [5.41, 5.74) is 3.59. The lowest BCUT2D eigenvalue weighted by Crippen LogP contribution is -2.14. The van der Waals surface area contributed by atoms with E-state index in [1.165, 1.54) is 16.0 Å². The maximum atomic E-state index is 4.74. The van der Waals surface area contributed by atoms with Crippen molar-refractivity contribution in [2.24, 2.45) is 0 Å². The monoisotopic (exact) mass is 360 g/mol. The Bertz CT molecular complexity index is 1000. The third kappa shape index (κ3) is 3.06. The molecule has 0 unspecified atom stereocenters. The van der Waals surface area contributed by atoms with E-state index in [-0.39, 0.29) is 6.04 Å². The van der Waals surface area contributed by atoms with Crippen molar-refractivity contribution < 1.29 is 0 Å². The van der Waals surface area contributed by atoms with E-state index in [0.29, 0.717) is 0 Å². The van der Waals surface area contributed by atoms with Crippen molar-refractivity contribution in [3.8, 4) is 0 Å². The van der Waals surface area contributed by atoms with E-state index in [4.69, 9.17) is 4.98 Å². The van der Waals surface area contributed by atoms with Crippen LogP contribution in [-0.2, 0) is 0 Å². The molecule has 0 saturated carbocycles. The normalized spacial score (nSPS) is 12.3. The molecule has 0 aliphatic carbocycles. The molecule has 0 saturated heterocycles. The molecule has 4 aromatic rings. The van der Waals surface area contributed by atoms with Gasteiger partial charge in [0.15, 0.2) is 0 Å². The number of nitrogens with one attached hydrogen (secondary N) is 1. The van der Waals surface area contributed by atoms with Gasteiger partial charge in [-0.25, -0.2) is 9.97 Å². The Morgan fingerprint density at radius 1 is 0.885 bits per heavy atom. The molecule has 1 aromatic carbocycles. The lowest BCUT2D eigenvalue weighted by molar-refractivity contribution is 0.917. The summed E-state index contributed by atoms with van der Waals surface area (Å²) in [5, 5.41) is 4.80. The van der Waals surface area contributed by atoms with Crippen molar-refractivity contribution >= 4 is 27.4 Å². The number of thiophene rings is 1. The number of hydrogen-bond donors (Lipinski definition) is 1. The van der Waals surface area contributed by atoms with Crippen LogP contribution >= 0.6 is 11.3 Å². The summed E-state index contributed by atoms with van der Waals surface area (Å²) in [5.74, 6) is 1.67. The average Bonchev–Trinajstić information content (AvgIpc) is 2.94. The number of pyridine rings is 1. The van der Waals surface area contributed by atoms with Crippen LogP contribution in [0, 0.1) is 20.8 Å². The highest BCUT2D eigenvalue weighted by Gasteiger charge is 2.19. The van der Waals surface area contributed by atoms with Crippen molar-refractivity contribution in [2.75, 3.05) is 5.32 Å². The SMILES string of the molecule is Cc1nc(N[C@@H](c2ccccc2)c2ccncc2)c2c(C)c(C)sc2n1. The zero-order valence-electron chi connectivity index (χ0n) is 15.0. The molecule has 0 spiro atoms. The molecule has 0 aliphatic heterocycles. The van der Waals surface area contributed by atoms with Crippen LogP contribution in [0.1, 0.15) is 33.4 Å². The van der Waals surface area contributed by atoms with Gasteiger partial charge in [0, 0.05) is 17.3 Å². The van der Waals surface area contributed by atoms with E-state index in [2.05, 4.69) is 53.4 Å². The Kier molecular flexibility index (Phi) is 4.39. The van der Waals surface area contributed by atoms with Crippen molar-refractivity contribution in [3.05, 3.63) is 82.3 Å². The molecular formula is C21H20N4S. The molecule has 5 heteroatoms. The average molecular weight is 360 g/mol. The first-order chi connectivity index (χ1) is 12.6. The van der Waals surface area contributed by atoms with E-state index in [9.17, 15) is 0 Å². The second-order valence-corrected chi connectivity index (χ2v) is 7.55. The number of aryl methyl sites for hydroxylation is 3. The van der Waals surface area contributed by atoms with Crippen molar-refractivity contribution in [1.82, 2.24) is 15.0 Å². The lowest BCUT2D eigenvalue weighted by Gasteiger charge is -2.21. The molecular weight excluding hydrogens is 340 g/mol. The van der Waals surface area contributed by atoms with Gasteiger partial charge in [0.05, 0.1) is 11.4 Å². The van der Waals surface area contributed by atoms with E-state index in [1.807, 2.05) is 37.5 Å². The zero-order valence-corrected chi connectivity index (χ0v) is 15.8. The first-order valence-electron chi connectivity index (χ1n) is 8.59. The smallest absolute Gasteiger partial charge is 0.139 e. The van der Waals surface area contributed by atoms with Gasteiger partial charge in [0.25, 0.3) is 0 Å². The maximum Gasteiger partial charge on any atom is 0.139 e. The number of nitrogens with zero attached hydrogens (tertiary/aromatic N) is 3. The largest absolute Gasteiger partial charge is 0.358 e. The fourth-order valence-electron chi connectivity index (χ4n) is 3.16. The minimum atomic E-state index is -0.00342. The quantitative estimate of drug-likeness (QED) is 0.542. The molecule has 0 aliphatic rings. The van der Waals surface area contributed by atoms with Gasteiger partial charge in [-0.05, 0) is 49.6 Å². The molecule has 0 amide bonds. The van der Waals surface area contributed by atoms with E-state index in [0.717, 1.165) is 27.4 Å². The molecule has 1 N–H and O–H groups in total. The van der Waals surface area contributed by atoms with Gasteiger partial charge in [-0.2, -0.15) is 0 Å². The van der Waals surface area contributed by atoms with Gasteiger partial charge in [0.2, 0.25) is 0 Å². The van der Waals surface area contributed by atoms with Crippen LogP contribution in [0.4, 0.5) is 5.82 Å². The third-order valence-electron chi connectivity index (χ3n) is 4.59. The first kappa shape index (κ1) is 16.7. The number of rotatable bonds is 4. The number of fused-ring (bicyclic) bond motifs is 1. The molecule has 1 atom stereocenters. The highest BCUT2D eigenvalue weighted by molar-refractivity contribution is 7.18. The number of benzene rings is 1. The van der Waals surface area contributed by atoms with Gasteiger partial charge >= 0.3 is 0 Å². The van der Waals surface area contributed by atoms with E-state index >= 15 is 0 Å².